The highest BCUT2D eigenvalue weighted by Gasteiger charge is 2.22. The van der Waals surface area contributed by atoms with Gasteiger partial charge in [0.15, 0.2) is 16.0 Å². The van der Waals surface area contributed by atoms with Crippen molar-refractivity contribution in [2.45, 2.75) is 76.3 Å². The number of hydrogen-bond donors (Lipinski definition) is 6. The molecule has 0 heterocycles. The van der Waals surface area contributed by atoms with Crippen LogP contribution in [0.3, 0.4) is 0 Å². The lowest BCUT2D eigenvalue weighted by atomic mass is 9.92. The zero-order valence-electron chi connectivity index (χ0n) is 30.5. The van der Waals surface area contributed by atoms with Crippen LogP contribution in [-0.2, 0) is 19.2 Å². The van der Waals surface area contributed by atoms with Gasteiger partial charge in [-0.15, -0.1) is 0 Å². The SMILES string of the molecule is [B]NCCCC[C@@H](NC(=O)CCCOc1ccc2ccccc2c1-c1c(OCCCC(=O)N[C@H](CCCCN[B])C(=O)O)ccc2ccccc12)C(=O)O. The van der Waals surface area contributed by atoms with E-state index in [2.05, 4.69) is 21.1 Å². The monoisotopic (exact) mass is 734 g/mol. The molecule has 0 aliphatic heterocycles. The summed E-state index contributed by atoms with van der Waals surface area (Å²) in [4.78, 5) is 48.8. The minimum Gasteiger partial charge on any atom is -0.493 e. The highest BCUT2D eigenvalue weighted by Crippen LogP contribution is 2.45. The number of amides is 2. The van der Waals surface area contributed by atoms with E-state index in [1.54, 1.807) is 0 Å². The molecule has 0 saturated heterocycles. The van der Waals surface area contributed by atoms with Gasteiger partial charge in [0.1, 0.15) is 23.6 Å². The Morgan fingerprint density at radius 2 is 0.963 bits per heavy atom. The van der Waals surface area contributed by atoms with Crippen LogP contribution in [0.5, 0.6) is 11.5 Å². The first kappa shape index (κ1) is 41.7. The Balaban J connectivity index is 1.48. The second kappa shape index (κ2) is 22.2. The van der Waals surface area contributed by atoms with Crippen LogP contribution >= 0.6 is 0 Å². The Morgan fingerprint density at radius 3 is 1.35 bits per heavy atom. The van der Waals surface area contributed by atoms with Gasteiger partial charge in [-0.1, -0.05) is 60.7 Å². The maximum atomic E-state index is 12.7. The molecule has 4 rings (SSSR count). The third-order valence-electron chi connectivity index (χ3n) is 9.04. The van der Waals surface area contributed by atoms with E-state index in [4.69, 9.17) is 25.4 Å². The van der Waals surface area contributed by atoms with Crippen molar-refractivity contribution in [3.63, 3.8) is 0 Å². The Hall–Kier alpha value is -5.07. The summed E-state index contributed by atoms with van der Waals surface area (Å²) in [6, 6.07) is 21.7. The number of hydrogen-bond acceptors (Lipinski definition) is 8. The lowest BCUT2D eigenvalue weighted by molar-refractivity contribution is -0.142. The predicted molar refractivity (Wildman–Crippen MR) is 211 cm³/mol. The summed E-state index contributed by atoms with van der Waals surface area (Å²) in [5, 5.41) is 33.3. The molecule has 0 spiro atoms. The van der Waals surface area contributed by atoms with E-state index in [1.165, 1.54) is 0 Å². The van der Waals surface area contributed by atoms with Crippen LogP contribution in [0.25, 0.3) is 32.7 Å². The maximum absolute atomic E-state index is 12.7. The van der Waals surface area contributed by atoms with Crippen LogP contribution in [0.4, 0.5) is 0 Å². The molecule has 4 aromatic rings. The average Bonchev–Trinajstić information content (AvgIpc) is 3.17. The van der Waals surface area contributed by atoms with Crippen LogP contribution in [-0.4, -0.2) is 88.3 Å². The highest BCUT2D eigenvalue weighted by atomic mass is 16.5. The fraction of sp³-hybridized carbons (Fsp3) is 0.400. The fourth-order valence-corrected chi connectivity index (χ4v) is 6.29. The molecule has 12 nitrogen and oxygen atoms in total. The number of carbonyl (C=O) groups is 4. The molecule has 282 valence electrons. The van der Waals surface area contributed by atoms with Crippen molar-refractivity contribution in [1.82, 2.24) is 21.1 Å². The Kier molecular flexibility index (Phi) is 17.1. The molecule has 0 aromatic heterocycles. The minimum absolute atomic E-state index is 0.0895. The zero-order valence-corrected chi connectivity index (χ0v) is 30.5. The summed E-state index contributed by atoms with van der Waals surface area (Å²) >= 11 is 0. The number of carbonyl (C=O) groups excluding carboxylic acids is 2. The first-order chi connectivity index (χ1) is 26.2. The van der Waals surface area contributed by atoms with Gasteiger partial charge in [-0.25, -0.2) is 9.59 Å². The van der Waals surface area contributed by atoms with Crippen molar-refractivity contribution in [1.29, 1.82) is 0 Å². The first-order valence-corrected chi connectivity index (χ1v) is 18.4. The lowest BCUT2D eigenvalue weighted by Gasteiger charge is -2.20. The maximum Gasteiger partial charge on any atom is 0.326 e. The molecule has 2 atom stereocenters. The molecule has 4 aromatic carbocycles. The van der Waals surface area contributed by atoms with Crippen LogP contribution < -0.4 is 30.6 Å². The van der Waals surface area contributed by atoms with E-state index in [0.717, 1.165) is 32.7 Å². The van der Waals surface area contributed by atoms with Gasteiger partial charge in [-0.2, -0.15) is 0 Å². The van der Waals surface area contributed by atoms with Gasteiger partial charge in [-0.3, -0.25) is 9.59 Å². The summed E-state index contributed by atoms with van der Waals surface area (Å²) in [7, 11) is 10.6. The molecule has 0 bridgehead atoms. The third kappa shape index (κ3) is 12.5. The fourth-order valence-electron chi connectivity index (χ4n) is 6.29. The number of nitrogens with one attached hydrogen (secondary N) is 4. The molecule has 14 heteroatoms. The van der Waals surface area contributed by atoms with Crippen molar-refractivity contribution in [3.8, 4) is 22.6 Å². The van der Waals surface area contributed by atoms with Gasteiger partial charge in [0, 0.05) is 24.0 Å². The first-order valence-electron chi connectivity index (χ1n) is 18.4. The molecule has 6 N–H and O–H groups in total. The number of ether oxygens (including phenoxy) is 2. The van der Waals surface area contributed by atoms with Gasteiger partial charge < -0.3 is 40.8 Å². The summed E-state index contributed by atoms with van der Waals surface area (Å²) in [6.45, 7) is 1.53. The topological polar surface area (TPSA) is 175 Å². The van der Waals surface area contributed by atoms with Gasteiger partial charge in [-0.05, 0) is 98.1 Å². The van der Waals surface area contributed by atoms with E-state index in [9.17, 15) is 29.4 Å². The summed E-state index contributed by atoms with van der Waals surface area (Å²) in [5.74, 6) is -1.70. The quantitative estimate of drug-likeness (QED) is 0.0410. The summed E-state index contributed by atoms with van der Waals surface area (Å²) in [6.07, 6.45) is 4.11. The highest BCUT2D eigenvalue weighted by molar-refractivity contribution is 6.09. The van der Waals surface area contributed by atoms with E-state index < -0.39 is 24.0 Å². The van der Waals surface area contributed by atoms with Crippen molar-refractivity contribution < 1.29 is 38.9 Å². The molecule has 0 fully saturated rings. The Labute approximate surface area is 318 Å². The van der Waals surface area contributed by atoms with E-state index >= 15 is 0 Å². The predicted octanol–water partition coefficient (Wildman–Crippen LogP) is 4.80. The number of aliphatic carboxylic acids is 2. The average molecular weight is 734 g/mol. The smallest absolute Gasteiger partial charge is 0.326 e. The molecule has 0 aliphatic carbocycles. The molecule has 54 heavy (non-hydrogen) atoms. The van der Waals surface area contributed by atoms with Crippen molar-refractivity contribution in [2.75, 3.05) is 26.3 Å². The van der Waals surface area contributed by atoms with Crippen molar-refractivity contribution in [3.05, 3.63) is 72.8 Å². The molecular weight excluding hydrogens is 686 g/mol. The van der Waals surface area contributed by atoms with Crippen LogP contribution in [0.15, 0.2) is 72.8 Å². The number of benzene rings is 4. The third-order valence-corrected chi connectivity index (χ3v) is 9.04. The van der Waals surface area contributed by atoms with E-state index in [-0.39, 0.29) is 37.9 Å². The van der Waals surface area contributed by atoms with E-state index in [1.807, 2.05) is 72.8 Å². The summed E-state index contributed by atoms with van der Waals surface area (Å²) < 4.78 is 12.7. The summed E-state index contributed by atoms with van der Waals surface area (Å²) in [5.41, 5.74) is 1.63. The normalized spacial score (nSPS) is 12.2. The number of rotatable bonds is 25. The van der Waals surface area contributed by atoms with Crippen LogP contribution in [0, 0.1) is 0 Å². The van der Waals surface area contributed by atoms with Gasteiger partial charge in [0.05, 0.1) is 13.2 Å². The molecule has 0 aliphatic rings. The van der Waals surface area contributed by atoms with Crippen LogP contribution in [0.2, 0.25) is 0 Å². The molecule has 0 unspecified atom stereocenters. The minimum atomic E-state index is -1.08. The zero-order chi connectivity index (χ0) is 38.7. The number of unbranched alkanes of at least 4 members (excludes halogenated alkanes) is 2. The second-order valence-corrected chi connectivity index (χ2v) is 13.0. The molecule has 2 amide bonds. The molecule has 4 radical (unpaired) electrons. The number of carboxylic acid groups (broad SMARTS) is 2. The molecular formula is C40H48B2N4O8. The van der Waals surface area contributed by atoms with Gasteiger partial charge >= 0.3 is 11.9 Å². The van der Waals surface area contributed by atoms with Crippen molar-refractivity contribution in [2.24, 2.45) is 0 Å². The van der Waals surface area contributed by atoms with E-state index in [0.29, 0.717) is 76.0 Å². The number of fused-ring (bicyclic) bond motifs is 2. The Morgan fingerprint density at radius 1 is 0.556 bits per heavy atom. The largest absolute Gasteiger partial charge is 0.493 e. The van der Waals surface area contributed by atoms with Crippen LogP contribution in [0.1, 0.15) is 64.2 Å². The second-order valence-electron chi connectivity index (χ2n) is 13.0. The Bertz CT molecular complexity index is 1730. The van der Waals surface area contributed by atoms with Gasteiger partial charge in [0.25, 0.3) is 0 Å². The molecule has 0 saturated carbocycles. The number of carboxylic acids is 2. The standard InChI is InChI=1S/C40H48B2N4O8/c41-43-23-7-5-15-31(39(49)50)45-35(47)17-9-25-53-33-21-19-27-11-1-3-13-29(27)37(33)38-30-14-4-2-12-28(30)20-22-34(38)54-26-10-18-36(48)46-32(40(51)52)16-6-8-24-44-42/h1-4,11-14,19-22,31-32,43-44H,5-10,15-18,23-26H2,(H,45,47)(H,46,48)(H,49,50)(H,51,52)/t31-,32-/m1/s1. The lowest BCUT2D eigenvalue weighted by Crippen LogP contribution is -2.40. The van der Waals surface area contributed by atoms with Gasteiger partial charge in [0.2, 0.25) is 11.8 Å². The van der Waals surface area contributed by atoms with Crippen molar-refractivity contribution >= 4 is 61.3 Å².